The lowest BCUT2D eigenvalue weighted by Gasteiger charge is -2.54. The summed E-state index contributed by atoms with van der Waals surface area (Å²) in [6.45, 7) is 12.1. The summed E-state index contributed by atoms with van der Waals surface area (Å²) in [6.07, 6.45) is 12.6. The molecule has 4 heteroatoms. The summed E-state index contributed by atoms with van der Waals surface area (Å²) in [7, 11) is 2.16. The average molecular weight is 485 g/mol. The minimum Gasteiger partial charge on any atom is -0.316 e. The van der Waals surface area contributed by atoms with Crippen molar-refractivity contribution in [1.29, 1.82) is 0 Å². The quantitative estimate of drug-likeness (QED) is 0.348. The molecule has 0 aliphatic heterocycles. The summed E-state index contributed by atoms with van der Waals surface area (Å²) < 4.78 is 0. The van der Waals surface area contributed by atoms with Gasteiger partial charge >= 0.3 is 0 Å². The maximum absolute atomic E-state index is 9.83. The number of para-hydroxylation sites is 1. The van der Waals surface area contributed by atoms with Crippen LogP contribution in [0.1, 0.15) is 73.6 Å². The standard InChI is InChI=1S/C11H19N.C10H9NS.C5H10O.C4H10/c1-12-11-9-3-7-2-8(5-9)6-10(11)4-7;1-12-9-6-2-4-8-5-3-7-11-10(8)9;1-5(2,3)4-6;1-4(2)3/h7-12H,2-6H2,1H3;2-7H,1H3;4H,1-3H3;4H,1-3H3. The van der Waals surface area contributed by atoms with Crippen molar-refractivity contribution in [3.05, 3.63) is 36.5 Å². The van der Waals surface area contributed by atoms with Crippen molar-refractivity contribution in [2.45, 2.75) is 84.6 Å². The van der Waals surface area contributed by atoms with Gasteiger partial charge in [0.25, 0.3) is 0 Å². The largest absolute Gasteiger partial charge is 0.316 e. The van der Waals surface area contributed by atoms with Crippen molar-refractivity contribution in [2.24, 2.45) is 35.0 Å². The first-order valence-electron chi connectivity index (χ1n) is 13.1. The van der Waals surface area contributed by atoms with Crippen LogP contribution < -0.4 is 5.32 Å². The fourth-order valence-corrected chi connectivity index (χ4v) is 6.22. The Kier molecular flexibility index (Phi) is 11.6. The van der Waals surface area contributed by atoms with Crippen LogP contribution in [0, 0.1) is 35.0 Å². The van der Waals surface area contributed by atoms with E-state index < -0.39 is 0 Å². The smallest absolute Gasteiger partial charge is 0.125 e. The summed E-state index contributed by atoms with van der Waals surface area (Å²) in [6, 6.07) is 11.2. The lowest BCUT2D eigenvalue weighted by Crippen LogP contribution is -2.53. The number of carbonyl (C=O) groups excluding carboxylic acids is 1. The number of nitrogens with zero attached hydrogens (tertiary/aromatic N) is 1. The number of hydrogen-bond donors (Lipinski definition) is 1. The fraction of sp³-hybridized carbons (Fsp3) is 0.667. The molecule has 0 saturated heterocycles. The molecule has 4 bridgehead atoms. The van der Waals surface area contributed by atoms with E-state index in [0.29, 0.717) is 0 Å². The van der Waals surface area contributed by atoms with Gasteiger partial charge in [-0.1, -0.05) is 59.7 Å². The monoisotopic (exact) mass is 484 g/mol. The Morgan fingerprint density at radius 2 is 1.47 bits per heavy atom. The number of rotatable bonds is 2. The van der Waals surface area contributed by atoms with Gasteiger partial charge in [-0.3, -0.25) is 4.98 Å². The van der Waals surface area contributed by atoms with Gasteiger partial charge in [0.15, 0.2) is 0 Å². The number of benzene rings is 1. The van der Waals surface area contributed by atoms with Crippen molar-refractivity contribution >= 4 is 29.0 Å². The molecule has 3 nitrogen and oxygen atoms in total. The van der Waals surface area contributed by atoms with Crippen LogP contribution >= 0.6 is 11.8 Å². The number of fused-ring (bicyclic) bond motifs is 1. The zero-order valence-electron chi connectivity index (χ0n) is 22.8. The van der Waals surface area contributed by atoms with Crippen LogP contribution in [-0.2, 0) is 4.79 Å². The summed E-state index contributed by atoms with van der Waals surface area (Å²) in [5, 5.41) is 4.76. The third-order valence-corrected chi connectivity index (χ3v) is 7.50. The van der Waals surface area contributed by atoms with Crippen molar-refractivity contribution in [3.8, 4) is 0 Å². The van der Waals surface area contributed by atoms with E-state index in [1.165, 1.54) is 10.3 Å². The van der Waals surface area contributed by atoms with Gasteiger partial charge in [-0.05, 0) is 87.1 Å². The number of aldehydes is 1. The summed E-state index contributed by atoms with van der Waals surface area (Å²) in [5.74, 6) is 5.17. The average Bonchev–Trinajstić information content (AvgIpc) is 2.78. The zero-order chi connectivity index (χ0) is 25.3. The molecule has 0 amide bonds. The number of nitrogens with one attached hydrogen (secondary N) is 1. The van der Waals surface area contributed by atoms with Gasteiger partial charge in [-0.25, -0.2) is 0 Å². The summed E-state index contributed by atoms with van der Waals surface area (Å²) in [4.78, 5) is 15.4. The van der Waals surface area contributed by atoms with Crippen LogP contribution in [0.15, 0.2) is 41.4 Å². The molecule has 1 heterocycles. The van der Waals surface area contributed by atoms with Crippen LogP contribution in [0.5, 0.6) is 0 Å². The number of aromatic nitrogens is 1. The lowest BCUT2D eigenvalue weighted by molar-refractivity contribution is -0.113. The topological polar surface area (TPSA) is 42.0 Å². The molecule has 0 atom stereocenters. The molecule has 6 rings (SSSR count). The van der Waals surface area contributed by atoms with Gasteiger partial charge in [-0.2, -0.15) is 0 Å². The van der Waals surface area contributed by atoms with Crippen molar-refractivity contribution in [1.82, 2.24) is 10.3 Å². The highest BCUT2D eigenvalue weighted by molar-refractivity contribution is 7.98. The SMILES string of the molecule is CC(C)(C)C=O.CC(C)C.CNC1C2CC3CC(C2)CC1C3.CSc1cccc2cccnc12. The van der Waals surface area contributed by atoms with Crippen molar-refractivity contribution in [2.75, 3.05) is 13.3 Å². The Morgan fingerprint density at radius 1 is 0.971 bits per heavy atom. The summed E-state index contributed by atoms with van der Waals surface area (Å²) >= 11 is 1.74. The Morgan fingerprint density at radius 3 is 1.91 bits per heavy atom. The van der Waals surface area contributed by atoms with Crippen LogP contribution in [0.4, 0.5) is 0 Å². The Labute approximate surface area is 213 Å². The predicted octanol–water partition coefficient (Wildman–Crippen LogP) is 7.88. The highest BCUT2D eigenvalue weighted by Gasteiger charge is 2.47. The minimum atomic E-state index is -0.139. The first kappa shape index (κ1) is 28.8. The van der Waals surface area contributed by atoms with Crippen LogP contribution in [0.3, 0.4) is 0 Å². The molecular formula is C30H48N2OS. The van der Waals surface area contributed by atoms with E-state index in [9.17, 15) is 4.79 Å². The van der Waals surface area contributed by atoms with E-state index in [4.69, 9.17) is 0 Å². The molecule has 4 aliphatic carbocycles. The summed E-state index contributed by atoms with van der Waals surface area (Å²) in [5.41, 5.74) is 0.965. The number of pyridine rings is 1. The van der Waals surface area contributed by atoms with E-state index >= 15 is 0 Å². The first-order valence-corrected chi connectivity index (χ1v) is 14.3. The van der Waals surface area contributed by atoms with Crippen molar-refractivity contribution in [3.63, 3.8) is 0 Å². The molecule has 0 radical (unpaired) electrons. The second-order valence-electron chi connectivity index (χ2n) is 12.0. The molecule has 1 aromatic carbocycles. The zero-order valence-corrected chi connectivity index (χ0v) is 23.6. The third kappa shape index (κ3) is 9.00. The Balaban J connectivity index is 0.000000176. The number of thioether (sulfide) groups is 1. The van der Waals surface area contributed by atoms with E-state index in [0.717, 1.165) is 47.4 Å². The van der Waals surface area contributed by atoms with Gasteiger partial charge in [0, 0.05) is 27.9 Å². The van der Waals surface area contributed by atoms with Gasteiger partial charge in [0.05, 0.1) is 5.52 Å². The molecule has 4 aliphatic rings. The Hall–Kier alpha value is -1.39. The molecule has 190 valence electrons. The molecule has 1 aromatic heterocycles. The van der Waals surface area contributed by atoms with E-state index in [2.05, 4.69) is 68.6 Å². The third-order valence-electron chi connectivity index (χ3n) is 6.73. The normalized spacial score (nSPS) is 26.6. The number of hydrogen-bond acceptors (Lipinski definition) is 4. The minimum absolute atomic E-state index is 0.139. The van der Waals surface area contributed by atoms with Gasteiger partial charge in [-0.15, -0.1) is 11.8 Å². The van der Waals surface area contributed by atoms with E-state index in [1.807, 2.05) is 33.0 Å². The van der Waals surface area contributed by atoms with E-state index in [1.54, 1.807) is 43.9 Å². The van der Waals surface area contributed by atoms with E-state index in [-0.39, 0.29) is 5.41 Å². The molecule has 0 spiro atoms. The number of carbonyl (C=O) groups is 1. The highest BCUT2D eigenvalue weighted by atomic mass is 32.2. The molecule has 4 fully saturated rings. The van der Waals surface area contributed by atoms with Crippen LogP contribution in [0.25, 0.3) is 10.9 Å². The lowest BCUT2D eigenvalue weighted by atomic mass is 9.54. The first-order chi connectivity index (χ1) is 16.1. The Bertz CT molecular complexity index is 837. The molecule has 4 saturated carbocycles. The molecule has 1 N–H and O–H groups in total. The fourth-order valence-electron chi connectivity index (χ4n) is 5.64. The van der Waals surface area contributed by atoms with Gasteiger partial charge in [0.2, 0.25) is 0 Å². The molecular weight excluding hydrogens is 436 g/mol. The maximum atomic E-state index is 9.83. The maximum Gasteiger partial charge on any atom is 0.125 e. The molecule has 34 heavy (non-hydrogen) atoms. The second kappa shape index (κ2) is 13.6. The van der Waals surface area contributed by atoms with Crippen molar-refractivity contribution < 1.29 is 4.79 Å². The molecule has 2 aromatic rings. The predicted molar refractivity (Wildman–Crippen MR) is 149 cm³/mol. The van der Waals surface area contributed by atoms with Gasteiger partial charge < -0.3 is 10.1 Å². The van der Waals surface area contributed by atoms with Gasteiger partial charge in [0.1, 0.15) is 6.29 Å². The van der Waals surface area contributed by atoms with Crippen LogP contribution in [-0.4, -0.2) is 30.6 Å². The second-order valence-corrected chi connectivity index (χ2v) is 12.8. The van der Waals surface area contributed by atoms with Crippen LogP contribution in [0.2, 0.25) is 0 Å². The highest BCUT2D eigenvalue weighted by Crippen LogP contribution is 2.53. The molecule has 0 unspecified atom stereocenters.